The van der Waals surface area contributed by atoms with Gasteiger partial charge >= 0.3 is 0 Å². The Kier molecular flexibility index (Phi) is 3.92. The first kappa shape index (κ1) is 11.0. The summed E-state index contributed by atoms with van der Waals surface area (Å²) in [7, 11) is 1.23. The molecule has 1 aromatic rings. The van der Waals surface area contributed by atoms with Gasteiger partial charge in [-0.05, 0) is 17.5 Å². The molecular weight excluding hydrogens is 202 g/mol. The first-order valence-corrected chi connectivity index (χ1v) is 4.76. The third-order valence-electron chi connectivity index (χ3n) is 1.85. The van der Waals surface area contributed by atoms with Crippen molar-refractivity contribution in [1.82, 2.24) is 5.06 Å². The van der Waals surface area contributed by atoms with E-state index in [2.05, 4.69) is 24.3 Å². The van der Waals surface area contributed by atoms with Crippen molar-refractivity contribution in [3.63, 3.8) is 0 Å². The summed E-state index contributed by atoms with van der Waals surface area (Å²) in [6.45, 7) is 0. The normalized spacial score (nSPS) is 10.8. The van der Waals surface area contributed by atoms with Crippen molar-refractivity contribution in [2.45, 2.75) is 6.42 Å². The predicted octanol–water partition coefficient (Wildman–Crippen LogP) is 1.66. The van der Waals surface area contributed by atoms with Crippen LogP contribution in [0.1, 0.15) is 11.1 Å². The molecule has 0 unspecified atom stereocenters. The molecule has 76 valence electrons. The van der Waals surface area contributed by atoms with Gasteiger partial charge in [0.05, 0.1) is 0 Å². The number of hydrogen-bond donors (Lipinski definition) is 1. The van der Waals surface area contributed by atoms with Crippen LogP contribution in [0.5, 0.6) is 0 Å². The number of fused-ring (bicyclic) bond motifs is 1. The van der Waals surface area contributed by atoms with E-state index in [4.69, 9.17) is 16.8 Å². The number of carbonyl (C=O) groups is 1. The van der Waals surface area contributed by atoms with Gasteiger partial charge in [-0.3, -0.25) is 10.0 Å². The number of amides is 1. The van der Waals surface area contributed by atoms with Crippen LogP contribution < -0.4 is 0 Å². The fraction of sp³-hybridized carbons (Fsp3) is 0.300. The molecule has 1 aromatic carbocycles. The van der Waals surface area contributed by atoms with Gasteiger partial charge in [-0.15, -0.1) is 11.6 Å². The van der Waals surface area contributed by atoms with E-state index in [1.807, 2.05) is 0 Å². The zero-order chi connectivity index (χ0) is 10.6. The Morgan fingerprint density at radius 3 is 2.21 bits per heavy atom. The summed E-state index contributed by atoms with van der Waals surface area (Å²) in [5.41, 5.74) is 3.06. The van der Waals surface area contributed by atoms with Crippen LogP contribution >= 0.6 is 11.6 Å². The summed E-state index contributed by atoms with van der Waals surface area (Å²) < 4.78 is 0. The molecule has 1 N–H and O–H groups in total. The highest BCUT2D eigenvalue weighted by Gasteiger charge is 2.12. The van der Waals surface area contributed by atoms with Crippen LogP contribution in [0, 0.1) is 0 Å². The molecule has 4 heteroatoms. The molecule has 0 bridgehead atoms. The van der Waals surface area contributed by atoms with E-state index in [1.165, 1.54) is 24.6 Å². The van der Waals surface area contributed by atoms with Crippen molar-refractivity contribution in [3.05, 3.63) is 35.4 Å². The number of carbonyl (C=O) groups excluding carboxylic acids is 1. The van der Waals surface area contributed by atoms with Crippen LogP contribution in [0.15, 0.2) is 24.3 Å². The molecule has 2 rings (SSSR count). The molecule has 0 aromatic heterocycles. The molecule has 3 nitrogen and oxygen atoms in total. The second kappa shape index (κ2) is 4.98. The van der Waals surface area contributed by atoms with Crippen LogP contribution in [0.4, 0.5) is 0 Å². The van der Waals surface area contributed by atoms with Gasteiger partial charge in [-0.25, -0.2) is 5.06 Å². The van der Waals surface area contributed by atoms with Gasteiger partial charge in [0, 0.05) is 7.05 Å². The Morgan fingerprint density at radius 1 is 1.50 bits per heavy atom. The third kappa shape index (κ3) is 3.36. The molecule has 14 heavy (non-hydrogen) atoms. The van der Waals surface area contributed by atoms with Crippen molar-refractivity contribution in [2.75, 3.05) is 12.9 Å². The smallest absolute Gasteiger partial charge is 0.260 e. The summed E-state index contributed by atoms with van der Waals surface area (Å²) in [6, 6.07) is 8.53. The fourth-order valence-corrected chi connectivity index (χ4v) is 1.10. The van der Waals surface area contributed by atoms with Gasteiger partial charge in [-0.2, -0.15) is 0 Å². The first-order valence-electron chi connectivity index (χ1n) is 4.23. The van der Waals surface area contributed by atoms with E-state index < -0.39 is 5.91 Å². The van der Waals surface area contributed by atoms with Gasteiger partial charge in [0.15, 0.2) is 0 Å². The van der Waals surface area contributed by atoms with Gasteiger partial charge in [0.1, 0.15) is 5.88 Å². The largest absolute Gasteiger partial charge is 0.286 e. The number of hydrogen-bond acceptors (Lipinski definition) is 2. The maximum atomic E-state index is 10.1. The zero-order valence-electron chi connectivity index (χ0n) is 7.90. The molecule has 0 aliphatic heterocycles. The van der Waals surface area contributed by atoms with E-state index in [0.29, 0.717) is 5.06 Å². The van der Waals surface area contributed by atoms with E-state index in [0.717, 1.165) is 0 Å². The fourth-order valence-electron chi connectivity index (χ4n) is 0.923. The predicted molar refractivity (Wildman–Crippen MR) is 54.5 cm³/mol. The van der Waals surface area contributed by atoms with Crippen molar-refractivity contribution < 1.29 is 10.0 Å². The number of rotatable bonds is 1. The van der Waals surface area contributed by atoms with Gasteiger partial charge in [-0.1, -0.05) is 24.3 Å². The molecule has 0 saturated carbocycles. The Hall–Kier alpha value is -1.06. The van der Waals surface area contributed by atoms with Crippen LogP contribution in [0.2, 0.25) is 0 Å². The quantitative estimate of drug-likeness (QED) is 0.445. The van der Waals surface area contributed by atoms with Gasteiger partial charge in [0.25, 0.3) is 5.91 Å². The van der Waals surface area contributed by atoms with Crippen LogP contribution in [-0.2, 0) is 11.2 Å². The van der Waals surface area contributed by atoms with Crippen LogP contribution in [0.25, 0.3) is 0 Å². The summed E-state index contributed by atoms with van der Waals surface area (Å²) in [5.74, 6) is -0.672. The summed E-state index contributed by atoms with van der Waals surface area (Å²) in [6.07, 6.45) is 1.24. The highest BCUT2D eigenvalue weighted by Crippen LogP contribution is 2.25. The van der Waals surface area contributed by atoms with Gasteiger partial charge < -0.3 is 0 Å². The molecule has 0 heterocycles. The van der Waals surface area contributed by atoms with Gasteiger partial charge in [0.2, 0.25) is 0 Å². The molecule has 0 fully saturated rings. The lowest BCUT2D eigenvalue weighted by Crippen LogP contribution is -2.23. The standard InChI is InChI=1S/C7H6.C3H6ClNO2/c1-2-4-7-5-6(7)3-1;1-5(7)3(6)2-4/h1-4H,5H2;7H,2H2,1H3. The first-order chi connectivity index (χ1) is 6.65. The minimum absolute atomic E-state index is 0.174. The molecule has 1 amide bonds. The number of hydroxylamine groups is 2. The lowest BCUT2D eigenvalue weighted by Gasteiger charge is -2.02. The second-order valence-corrected chi connectivity index (χ2v) is 3.26. The van der Waals surface area contributed by atoms with E-state index in [9.17, 15) is 4.79 Å². The summed E-state index contributed by atoms with van der Waals surface area (Å²) in [4.78, 5) is 10.1. The molecule has 0 atom stereocenters. The highest BCUT2D eigenvalue weighted by molar-refractivity contribution is 6.27. The highest BCUT2D eigenvalue weighted by atomic mass is 35.5. The molecule has 1 aliphatic rings. The average Bonchev–Trinajstić information content (AvgIpc) is 2.96. The van der Waals surface area contributed by atoms with Crippen molar-refractivity contribution in [1.29, 1.82) is 0 Å². The topological polar surface area (TPSA) is 40.5 Å². The number of halogens is 1. The second-order valence-electron chi connectivity index (χ2n) is 3.00. The molecule has 0 radical (unpaired) electrons. The molecule has 1 aliphatic carbocycles. The maximum absolute atomic E-state index is 10.1. The van der Waals surface area contributed by atoms with Crippen molar-refractivity contribution in [2.24, 2.45) is 0 Å². The SMILES string of the molecule is CN(O)C(=O)CCl.c1ccc2c(c1)C2. The molecule has 0 saturated heterocycles. The third-order valence-corrected chi connectivity index (χ3v) is 2.08. The lowest BCUT2D eigenvalue weighted by atomic mass is 10.4. The Bertz CT molecular complexity index is 305. The summed E-state index contributed by atoms with van der Waals surface area (Å²) in [5, 5.41) is 8.67. The van der Waals surface area contributed by atoms with Crippen LogP contribution in [-0.4, -0.2) is 29.1 Å². The molecule has 0 spiro atoms. The van der Waals surface area contributed by atoms with Crippen molar-refractivity contribution >= 4 is 17.5 Å². The number of nitrogens with zero attached hydrogens (tertiary/aromatic N) is 1. The number of benzene rings is 1. The van der Waals surface area contributed by atoms with Crippen LogP contribution in [0.3, 0.4) is 0 Å². The Labute approximate surface area is 87.9 Å². The average molecular weight is 214 g/mol. The lowest BCUT2D eigenvalue weighted by molar-refractivity contribution is -0.156. The van der Waals surface area contributed by atoms with E-state index >= 15 is 0 Å². The minimum atomic E-state index is -0.498. The summed E-state index contributed by atoms with van der Waals surface area (Å²) >= 11 is 5.00. The minimum Gasteiger partial charge on any atom is -0.286 e. The Balaban J connectivity index is 0.000000140. The zero-order valence-corrected chi connectivity index (χ0v) is 8.66. The molecular formula is C10H12ClNO2. The maximum Gasteiger partial charge on any atom is 0.260 e. The van der Waals surface area contributed by atoms with E-state index in [1.54, 1.807) is 0 Å². The monoisotopic (exact) mass is 213 g/mol. The Morgan fingerprint density at radius 2 is 2.00 bits per heavy atom. The number of alkyl halides is 1. The van der Waals surface area contributed by atoms with Crippen molar-refractivity contribution in [3.8, 4) is 0 Å². The van der Waals surface area contributed by atoms with E-state index in [-0.39, 0.29) is 5.88 Å².